The summed E-state index contributed by atoms with van der Waals surface area (Å²) >= 11 is 0. The van der Waals surface area contributed by atoms with E-state index < -0.39 is 8.07 Å². The molecule has 0 spiro atoms. The molecule has 1 unspecified atom stereocenters. The summed E-state index contributed by atoms with van der Waals surface area (Å²) in [6.07, 6.45) is 10.7. The fourth-order valence-electron chi connectivity index (χ4n) is 2.64. The second-order valence-electron chi connectivity index (χ2n) is 6.75. The number of hydrogen-bond donors (Lipinski definition) is 1. The maximum atomic E-state index is 6.51. The molecule has 0 aromatic rings. The maximum Gasteiger partial charge on any atom is 0.108 e. The van der Waals surface area contributed by atoms with Crippen LogP contribution in [0.2, 0.25) is 0 Å². The fraction of sp³-hybridized carbons (Fsp3) is 0.706. The topological polar surface area (TPSA) is 41.6 Å². The Morgan fingerprint density at radius 3 is 2.29 bits per heavy atom. The van der Waals surface area contributed by atoms with Gasteiger partial charge in [-0.25, -0.2) is 4.76 Å². The highest BCUT2D eigenvalue weighted by Gasteiger charge is 2.32. The lowest BCUT2D eigenvalue weighted by Crippen LogP contribution is -2.38. The van der Waals surface area contributed by atoms with Crippen molar-refractivity contribution in [3.63, 3.8) is 0 Å². The van der Waals surface area contributed by atoms with Crippen molar-refractivity contribution in [1.29, 1.82) is 0 Å². The van der Waals surface area contributed by atoms with Crippen LogP contribution in [-0.4, -0.2) is 42.7 Å². The second kappa shape index (κ2) is 8.10. The van der Waals surface area contributed by atoms with Gasteiger partial charge in [0, 0.05) is 8.07 Å². The Morgan fingerprint density at radius 2 is 1.86 bits per heavy atom. The Morgan fingerprint density at radius 1 is 1.24 bits per heavy atom. The first-order valence-electron chi connectivity index (χ1n) is 7.90. The summed E-state index contributed by atoms with van der Waals surface area (Å²) in [4.78, 5) is 2.22. The van der Waals surface area contributed by atoms with Crippen LogP contribution in [0.15, 0.2) is 29.1 Å². The molecule has 0 fully saturated rings. The molecular formula is C17H32N3P. The summed E-state index contributed by atoms with van der Waals surface area (Å²) in [7, 11) is 3.81. The first-order valence-corrected chi connectivity index (χ1v) is 9.34. The Balaban J connectivity index is 3.02. The number of nitrogens with zero attached hydrogens (tertiary/aromatic N) is 2. The highest BCUT2D eigenvalue weighted by Crippen LogP contribution is 2.49. The molecule has 1 rings (SSSR count). The Bertz CT molecular complexity index is 402. The minimum Gasteiger partial charge on any atom is -0.386 e. The first kappa shape index (κ1) is 18.4. The van der Waals surface area contributed by atoms with Crippen LogP contribution in [0.4, 0.5) is 0 Å². The van der Waals surface area contributed by atoms with Crippen molar-refractivity contribution in [2.45, 2.75) is 51.9 Å². The summed E-state index contributed by atoms with van der Waals surface area (Å²) in [5.74, 6) is 0.832. The van der Waals surface area contributed by atoms with Crippen molar-refractivity contribution in [1.82, 2.24) is 4.90 Å². The highest BCUT2D eigenvalue weighted by atomic mass is 31.1. The fourth-order valence-corrected chi connectivity index (χ4v) is 4.74. The van der Waals surface area contributed by atoms with Gasteiger partial charge in [-0.05, 0) is 44.8 Å². The van der Waals surface area contributed by atoms with E-state index in [0.29, 0.717) is 11.3 Å². The largest absolute Gasteiger partial charge is 0.386 e. The van der Waals surface area contributed by atoms with Gasteiger partial charge in [0.05, 0.1) is 5.41 Å². The van der Waals surface area contributed by atoms with Crippen molar-refractivity contribution >= 4 is 13.9 Å². The summed E-state index contributed by atoms with van der Waals surface area (Å²) < 4.78 is 5.00. The third kappa shape index (κ3) is 5.23. The average Bonchev–Trinajstić information content (AvgIpc) is 2.42. The third-order valence-electron chi connectivity index (χ3n) is 3.94. The van der Waals surface area contributed by atoms with Crippen LogP contribution in [-0.2, 0) is 0 Å². The predicted octanol–water partition coefficient (Wildman–Crippen LogP) is 4.01. The van der Waals surface area contributed by atoms with Gasteiger partial charge in [0.2, 0.25) is 0 Å². The molecule has 0 aromatic carbocycles. The van der Waals surface area contributed by atoms with Gasteiger partial charge in [-0.1, -0.05) is 52.0 Å². The lowest BCUT2D eigenvalue weighted by molar-refractivity contribution is 0.344. The third-order valence-corrected chi connectivity index (χ3v) is 6.50. The van der Waals surface area contributed by atoms with Crippen molar-refractivity contribution in [3.05, 3.63) is 24.3 Å². The minimum atomic E-state index is -0.409. The van der Waals surface area contributed by atoms with E-state index in [1.54, 1.807) is 0 Å². The lowest BCUT2D eigenvalue weighted by atomic mass is 9.77. The SMILES string of the molecule is CC(C)P(N=C(N)C1(CCN(C)C)C=CC=CC1)C(C)C. The van der Waals surface area contributed by atoms with Crippen LogP contribution in [0, 0.1) is 5.41 Å². The summed E-state index contributed by atoms with van der Waals surface area (Å²) in [5.41, 5.74) is 7.57. The van der Waals surface area contributed by atoms with E-state index in [4.69, 9.17) is 10.5 Å². The average molecular weight is 309 g/mol. The van der Waals surface area contributed by atoms with E-state index in [9.17, 15) is 0 Å². The molecule has 4 heteroatoms. The molecule has 0 heterocycles. The van der Waals surface area contributed by atoms with E-state index in [1.165, 1.54) is 0 Å². The highest BCUT2D eigenvalue weighted by molar-refractivity contribution is 7.57. The van der Waals surface area contributed by atoms with E-state index in [0.717, 1.165) is 25.2 Å². The molecule has 21 heavy (non-hydrogen) atoms. The Labute approximate surface area is 132 Å². The molecule has 0 aliphatic heterocycles. The zero-order valence-electron chi connectivity index (χ0n) is 14.5. The number of allylic oxidation sites excluding steroid dienone is 3. The van der Waals surface area contributed by atoms with Crippen LogP contribution in [0.1, 0.15) is 40.5 Å². The summed E-state index contributed by atoms with van der Waals surface area (Å²) in [6.45, 7) is 10.0. The zero-order valence-corrected chi connectivity index (χ0v) is 15.4. The van der Waals surface area contributed by atoms with Crippen molar-refractivity contribution < 1.29 is 0 Å². The molecule has 0 amide bonds. The smallest absolute Gasteiger partial charge is 0.108 e. The normalized spacial score (nSPS) is 23.0. The molecule has 0 saturated heterocycles. The molecule has 120 valence electrons. The van der Waals surface area contributed by atoms with Gasteiger partial charge in [-0.15, -0.1) is 0 Å². The van der Waals surface area contributed by atoms with E-state index in [2.05, 4.69) is 71.0 Å². The van der Waals surface area contributed by atoms with Crippen LogP contribution in [0.25, 0.3) is 0 Å². The van der Waals surface area contributed by atoms with E-state index in [1.807, 2.05) is 0 Å². The molecule has 0 radical (unpaired) electrons. The Hall–Kier alpha value is -0.660. The quantitative estimate of drug-likeness (QED) is 0.438. The van der Waals surface area contributed by atoms with E-state index in [-0.39, 0.29) is 5.41 Å². The van der Waals surface area contributed by atoms with Crippen molar-refractivity contribution in [2.24, 2.45) is 15.9 Å². The van der Waals surface area contributed by atoms with Crippen LogP contribution in [0.3, 0.4) is 0 Å². The Kier molecular flexibility index (Phi) is 7.09. The monoisotopic (exact) mass is 309 g/mol. The molecule has 0 bridgehead atoms. The van der Waals surface area contributed by atoms with Gasteiger partial charge < -0.3 is 10.6 Å². The van der Waals surface area contributed by atoms with Crippen LogP contribution < -0.4 is 5.73 Å². The minimum absolute atomic E-state index is 0.0939. The van der Waals surface area contributed by atoms with E-state index >= 15 is 0 Å². The number of hydrogen-bond acceptors (Lipinski definition) is 2. The van der Waals surface area contributed by atoms with Crippen LogP contribution in [0.5, 0.6) is 0 Å². The zero-order chi connectivity index (χ0) is 16.0. The molecule has 1 atom stereocenters. The molecule has 1 aliphatic rings. The van der Waals surface area contributed by atoms with Gasteiger partial charge in [0.1, 0.15) is 5.84 Å². The molecule has 0 saturated carbocycles. The molecular weight excluding hydrogens is 277 g/mol. The van der Waals surface area contributed by atoms with Gasteiger partial charge in [0.25, 0.3) is 0 Å². The number of nitrogens with two attached hydrogens (primary N) is 1. The number of rotatable bonds is 7. The molecule has 0 aromatic heterocycles. The molecule has 1 aliphatic carbocycles. The predicted molar refractivity (Wildman–Crippen MR) is 97.3 cm³/mol. The van der Waals surface area contributed by atoms with Gasteiger partial charge in [-0.2, -0.15) is 0 Å². The first-order chi connectivity index (χ1) is 9.78. The van der Waals surface area contributed by atoms with Gasteiger partial charge >= 0.3 is 0 Å². The lowest BCUT2D eigenvalue weighted by Gasteiger charge is -2.33. The van der Waals surface area contributed by atoms with Crippen molar-refractivity contribution in [2.75, 3.05) is 20.6 Å². The standard InChI is InChI=1S/C17H32N3P/c1-14(2)21(15(3)4)19-16(18)17(12-13-20(5)6)10-8-7-9-11-17/h7-10,14-15H,11-13H2,1-6H3,(H2,18,19). The second-order valence-corrected chi connectivity index (χ2v) is 9.78. The van der Waals surface area contributed by atoms with Crippen molar-refractivity contribution in [3.8, 4) is 0 Å². The summed E-state index contributed by atoms with van der Waals surface area (Å²) in [5, 5.41) is 0. The van der Waals surface area contributed by atoms with Gasteiger partial charge in [-0.3, -0.25) is 0 Å². The van der Waals surface area contributed by atoms with Gasteiger partial charge in [0.15, 0.2) is 0 Å². The molecule has 2 N–H and O–H groups in total. The number of amidine groups is 1. The summed E-state index contributed by atoms with van der Waals surface area (Å²) in [6, 6.07) is 0. The van der Waals surface area contributed by atoms with Crippen LogP contribution >= 0.6 is 8.07 Å². The molecule has 3 nitrogen and oxygen atoms in total. The maximum absolute atomic E-state index is 6.51.